The first kappa shape index (κ1) is 26.1. The Bertz CT molecular complexity index is 1040. The summed E-state index contributed by atoms with van der Waals surface area (Å²) in [4.78, 5) is 8.38. The third-order valence-electron chi connectivity index (χ3n) is 3.94. The van der Waals surface area contributed by atoms with Crippen LogP contribution in [0.1, 0.15) is 48.5 Å². The second-order valence-electron chi connectivity index (χ2n) is 5.58. The van der Waals surface area contributed by atoms with Gasteiger partial charge in [-0.3, -0.25) is 0 Å². The van der Waals surface area contributed by atoms with Crippen LogP contribution in [0.5, 0.6) is 0 Å². The minimum atomic E-state index is 0.222. The molecule has 166 valence electrons. The van der Waals surface area contributed by atoms with Crippen molar-refractivity contribution in [1.82, 2.24) is 19.6 Å². The Labute approximate surface area is 191 Å². The molecular formula is C25H34ClN5. The molecule has 0 unspecified atom stereocenters. The summed E-state index contributed by atoms with van der Waals surface area (Å²) in [5.74, 6) is 0. The molecule has 0 radical (unpaired) electrons. The topological polar surface area (TPSA) is 55.1 Å². The molecule has 3 aromatic heterocycles. The Hall–Kier alpha value is -2.92. The van der Waals surface area contributed by atoms with Gasteiger partial charge >= 0.3 is 0 Å². The van der Waals surface area contributed by atoms with E-state index in [-0.39, 0.29) is 5.28 Å². The molecule has 4 aromatic rings. The largest absolute Gasteiger partial charge is 0.385 e. The number of rotatable bonds is 4. The van der Waals surface area contributed by atoms with Crippen molar-refractivity contribution in [2.45, 2.75) is 48.5 Å². The third-order valence-corrected chi connectivity index (χ3v) is 4.12. The van der Waals surface area contributed by atoms with E-state index < -0.39 is 0 Å². The smallest absolute Gasteiger partial charge is 0.222 e. The number of aromatic nitrogens is 4. The highest BCUT2D eigenvalue weighted by molar-refractivity contribution is 6.28. The molecule has 0 saturated heterocycles. The molecule has 0 aliphatic carbocycles. The number of benzene rings is 1. The fraction of sp³-hybridized carbons (Fsp3) is 0.320. The van der Waals surface area contributed by atoms with Crippen LogP contribution in [0, 0.1) is 0 Å². The quantitative estimate of drug-likeness (QED) is 0.332. The molecule has 1 aromatic carbocycles. The van der Waals surface area contributed by atoms with Crippen LogP contribution in [0.3, 0.4) is 0 Å². The molecule has 3 heterocycles. The molecule has 5 nitrogen and oxygen atoms in total. The minimum absolute atomic E-state index is 0.222. The van der Waals surface area contributed by atoms with Crippen molar-refractivity contribution >= 4 is 22.8 Å². The molecule has 0 fully saturated rings. The summed E-state index contributed by atoms with van der Waals surface area (Å²) in [6.45, 7) is 14.9. The van der Waals surface area contributed by atoms with Crippen LogP contribution < -0.4 is 5.32 Å². The van der Waals surface area contributed by atoms with Gasteiger partial charge in [0.2, 0.25) is 5.28 Å². The number of anilines is 1. The molecule has 0 bridgehead atoms. The maximum absolute atomic E-state index is 6.02. The van der Waals surface area contributed by atoms with E-state index in [0.717, 1.165) is 40.3 Å². The highest BCUT2D eigenvalue weighted by Crippen LogP contribution is 2.35. The van der Waals surface area contributed by atoms with Crippen LogP contribution in [0.2, 0.25) is 5.28 Å². The molecule has 0 atom stereocenters. The maximum atomic E-state index is 6.02. The van der Waals surface area contributed by atoms with E-state index in [1.165, 1.54) is 0 Å². The van der Waals surface area contributed by atoms with Gasteiger partial charge in [0.1, 0.15) is 5.69 Å². The van der Waals surface area contributed by atoms with Crippen molar-refractivity contribution in [2.75, 3.05) is 11.9 Å². The van der Waals surface area contributed by atoms with Crippen molar-refractivity contribution in [3.63, 3.8) is 0 Å². The summed E-state index contributed by atoms with van der Waals surface area (Å²) in [6.07, 6.45) is 3.59. The summed E-state index contributed by atoms with van der Waals surface area (Å²) in [5.41, 5.74) is 5.61. The van der Waals surface area contributed by atoms with Crippen molar-refractivity contribution in [3.05, 3.63) is 66.2 Å². The number of pyridine rings is 1. The third kappa shape index (κ3) is 6.53. The van der Waals surface area contributed by atoms with Crippen LogP contribution in [-0.2, 0) is 0 Å². The van der Waals surface area contributed by atoms with Gasteiger partial charge in [0.15, 0.2) is 0 Å². The first-order valence-electron chi connectivity index (χ1n) is 11.1. The monoisotopic (exact) mass is 439 g/mol. The van der Waals surface area contributed by atoms with Crippen molar-refractivity contribution in [2.24, 2.45) is 0 Å². The summed E-state index contributed by atoms with van der Waals surface area (Å²) >= 11 is 6.02. The van der Waals surface area contributed by atoms with Crippen LogP contribution in [-0.4, -0.2) is 26.1 Å². The van der Waals surface area contributed by atoms with Gasteiger partial charge in [-0.2, -0.15) is 5.10 Å². The second kappa shape index (κ2) is 14.1. The van der Waals surface area contributed by atoms with Gasteiger partial charge in [-0.15, -0.1) is 0 Å². The summed E-state index contributed by atoms with van der Waals surface area (Å²) in [6, 6.07) is 16.0. The van der Waals surface area contributed by atoms with Crippen LogP contribution in [0.15, 0.2) is 60.9 Å². The zero-order chi connectivity index (χ0) is 23.2. The molecule has 0 aliphatic rings. The van der Waals surface area contributed by atoms with Crippen LogP contribution >= 0.6 is 11.6 Å². The van der Waals surface area contributed by atoms with E-state index in [0.29, 0.717) is 0 Å². The van der Waals surface area contributed by atoms with Crippen LogP contribution in [0.25, 0.3) is 28.0 Å². The Kier molecular flexibility index (Phi) is 11.9. The zero-order valence-corrected chi connectivity index (χ0v) is 20.4. The van der Waals surface area contributed by atoms with Gasteiger partial charge in [0.05, 0.1) is 16.8 Å². The number of hydrogen-bond acceptors (Lipinski definition) is 4. The van der Waals surface area contributed by atoms with E-state index in [1.807, 2.05) is 88.7 Å². The molecule has 1 N–H and O–H groups in total. The fourth-order valence-electron chi connectivity index (χ4n) is 2.91. The number of nitrogens with zero attached hydrogens (tertiary/aromatic N) is 4. The van der Waals surface area contributed by atoms with Crippen molar-refractivity contribution in [1.29, 1.82) is 0 Å². The van der Waals surface area contributed by atoms with E-state index in [2.05, 4.69) is 34.3 Å². The lowest BCUT2D eigenvalue weighted by Crippen LogP contribution is -1.96. The lowest BCUT2D eigenvalue weighted by molar-refractivity contribution is 0.966. The maximum Gasteiger partial charge on any atom is 0.222 e. The first-order chi connectivity index (χ1) is 15.3. The average molecular weight is 440 g/mol. The number of halogens is 1. The lowest BCUT2D eigenvalue weighted by Gasteiger charge is -2.07. The van der Waals surface area contributed by atoms with E-state index >= 15 is 0 Å². The molecule has 0 spiro atoms. The Morgan fingerprint density at radius 2 is 1.68 bits per heavy atom. The van der Waals surface area contributed by atoms with Gasteiger partial charge < -0.3 is 5.32 Å². The summed E-state index contributed by atoms with van der Waals surface area (Å²) in [7, 11) is 0. The van der Waals surface area contributed by atoms with E-state index in [1.54, 1.807) is 6.20 Å². The van der Waals surface area contributed by atoms with Crippen molar-refractivity contribution < 1.29 is 0 Å². The molecule has 0 saturated carbocycles. The predicted octanol–water partition coefficient (Wildman–Crippen LogP) is 7.62. The lowest BCUT2D eigenvalue weighted by atomic mass is 10.0. The van der Waals surface area contributed by atoms with E-state index in [9.17, 15) is 0 Å². The average Bonchev–Trinajstić information content (AvgIpc) is 3.23. The number of nitrogens with one attached hydrogen (secondary N) is 1. The second-order valence-corrected chi connectivity index (χ2v) is 5.91. The van der Waals surface area contributed by atoms with Gasteiger partial charge in [0, 0.05) is 30.2 Å². The minimum Gasteiger partial charge on any atom is -0.385 e. The summed E-state index contributed by atoms with van der Waals surface area (Å²) in [5, 5.41) is 8.34. The molecule has 0 aliphatic heterocycles. The Morgan fingerprint density at radius 1 is 0.935 bits per heavy atom. The fourth-order valence-corrected chi connectivity index (χ4v) is 3.06. The first-order valence-corrected chi connectivity index (χ1v) is 11.4. The highest BCUT2D eigenvalue weighted by Gasteiger charge is 2.18. The Balaban J connectivity index is 0.000000739. The standard InChI is InChI=1S/C19H16ClN5.3C2H6/c1-2-21-14-7-5-6-13(12-14)18-17(15-9-10-22-19(20)23-15)16-8-3-4-11-25(16)24-18;3*1-2/h3-12,21H,2H2,1H3;3*1-2H3. The number of hydrogen-bond donors (Lipinski definition) is 1. The highest BCUT2D eigenvalue weighted by atomic mass is 35.5. The van der Waals surface area contributed by atoms with Gasteiger partial charge in [-0.05, 0) is 48.9 Å². The summed E-state index contributed by atoms with van der Waals surface area (Å²) < 4.78 is 1.86. The number of fused-ring (bicyclic) bond motifs is 1. The molecule has 6 heteroatoms. The normalized spacial score (nSPS) is 9.42. The zero-order valence-electron chi connectivity index (χ0n) is 19.6. The predicted molar refractivity (Wildman–Crippen MR) is 135 cm³/mol. The van der Waals surface area contributed by atoms with Crippen LogP contribution in [0.4, 0.5) is 5.69 Å². The van der Waals surface area contributed by atoms with Gasteiger partial charge in [-0.1, -0.05) is 59.7 Å². The van der Waals surface area contributed by atoms with Crippen molar-refractivity contribution in [3.8, 4) is 22.5 Å². The van der Waals surface area contributed by atoms with Gasteiger partial charge in [-0.25, -0.2) is 14.5 Å². The molecule has 0 amide bonds. The molecule has 4 rings (SSSR count). The van der Waals surface area contributed by atoms with E-state index in [4.69, 9.17) is 16.7 Å². The Morgan fingerprint density at radius 3 is 2.35 bits per heavy atom. The van der Waals surface area contributed by atoms with Gasteiger partial charge in [0.25, 0.3) is 0 Å². The molecular weight excluding hydrogens is 406 g/mol. The molecule has 31 heavy (non-hydrogen) atoms. The SMILES string of the molecule is CC.CC.CC.CCNc1cccc(-c2nn3ccccc3c2-c2ccnc(Cl)n2)c1.